The third kappa shape index (κ3) is 4.36. The normalized spacial score (nSPS) is 32.3. The van der Waals surface area contributed by atoms with Crippen molar-refractivity contribution >= 4 is 40.6 Å². The van der Waals surface area contributed by atoms with Gasteiger partial charge in [0, 0.05) is 18.4 Å². The van der Waals surface area contributed by atoms with Gasteiger partial charge < -0.3 is 15.7 Å². The number of Topliss-reactive ketones (excluding diaryl/α,β-unsaturated/α-hetero) is 1. The molecule has 1 spiro atoms. The maximum atomic E-state index is 15.7. The second-order valence-corrected chi connectivity index (χ2v) is 13.4. The lowest BCUT2D eigenvalue weighted by Gasteiger charge is -2.41. The van der Waals surface area contributed by atoms with Gasteiger partial charge in [0.25, 0.3) is 0 Å². The Kier molecular flexibility index (Phi) is 6.70. The van der Waals surface area contributed by atoms with Crippen LogP contribution in [0.25, 0.3) is 0 Å². The van der Waals surface area contributed by atoms with Gasteiger partial charge in [0.2, 0.25) is 5.91 Å². The molecule has 5 nitrogen and oxygen atoms in total. The van der Waals surface area contributed by atoms with E-state index in [2.05, 4.69) is 10.6 Å². The summed E-state index contributed by atoms with van der Waals surface area (Å²) in [4.78, 5) is 28.0. The third-order valence-corrected chi connectivity index (χ3v) is 8.92. The van der Waals surface area contributed by atoms with Crippen LogP contribution in [0.1, 0.15) is 70.4 Å². The summed E-state index contributed by atoms with van der Waals surface area (Å²) in [7, 11) is 0. The molecule has 0 bridgehead atoms. The Bertz CT molecular complexity index is 1320. The number of halogens is 4. The van der Waals surface area contributed by atoms with Gasteiger partial charge in [0.15, 0.2) is 11.6 Å². The fourth-order valence-corrected chi connectivity index (χ4v) is 7.31. The van der Waals surface area contributed by atoms with E-state index in [1.165, 1.54) is 12.1 Å². The number of nitrogens with one attached hydrogen (secondary N) is 2. The number of hydrogen-bond acceptors (Lipinski definition) is 4. The number of fused-ring (bicyclic) bond motifs is 2. The van der Waals surface area contributed by atoms with Crippen molar-refractivity contribution in [3.05, 3.63) is 63.1 Å². The summed E-state index contributed by atoms with van der Waals surface area (Å²) in [6.07, 6.45) is 1.61. The van der Waals surface area contributed by atoms with Crippen LogP contribution in [0.5, 0.6) is 0 Å². The average Bonchev–Trinajstić information content (AvgIpc) is 3.27. The van der Waals surface area contributed by atoms with E-state index in [4.69, 9.17) is 23.2 Å². The van der Waals surface area contributed by atoms with Gasteiger partial charge in [-0.1, -0.05) is 62.2 Å². The van der Waals surface area contributed by atoms with Crippen molar-refractivity contribution < 1.29 is 23.5 Å². The molecule has 3 N–H and O–H groups in total. The monoisotopic (exact) mass is 564 g/mol. The summed E-state index contributed by atoms with van der Waals surface area (Å²) in [6, 6.07) is 5.98. The van der Waals surface area contributed by atoms with Gasteiger partial charge in [-0.2, -0.15) is 0 Å². The van der Waals surface area contributed by atoms with Crippen LogP contribution in [-0.4, -0.2) is 34.5 Å². The second kappa shape index (κ2) is 9.26. The lowest BCUT2D eigenvalue weighted by Crippen LogP contribution is -2.49. The standard InChI is InChI=1S/C29H32Cl2F2N2O3/c1-27(2,3)13-20-29(16-8-9-18(31)23(33)24(16)35-26(29)37)21(15-6-5-7-17(30)22(15)32)25(34-20)19(36)10-14-11-28(4,38)12-14/h5-9,14,20-21,25,34,38H,10-13H2,1-4H3,(H,35,37)/t14?,20-,21-,25-,28?,29+/m0/s1. The molecular formula is C29H32Cl2F2N2O3. The largest absolute Gasteiger partial charge is 0.390 e. The zero-order valence-corrected chi connectivity index (χ0v) is 23.3. The smallest absolute Gasteiger partial charge is 0.237 e. The van der Waals surface area contributed by atoms with Crippen molar-refractivity contribution in [1.82, 2.24) is 5.32 Å². The maximum Gasteiger partial charge on any atom is 0.237 e. The summed E-state index contributed by atoms with van der Waals surface area (Å²) in [5.41, 5.74) is -2.16. The van der Waals surface area contributed by atoms with Crippen LogP contribution in [0.4, 0.5) is 14.5 Å². The molecule has 1 amide bonds. The predicted molar refractivity (Wildman–Crippen MR) is 144 cm³/mol. The average molecular weight is 565 g/mol. The Labute approximate surface area is 231 Å². The van der Waals surface area contributed by atoms with Crippen molar-refractivity contribution in [3.63, 3.8) is 0 Å². The Morgan fingerprint density at radius 2 is 1.76 bits per heavy atom. The molecule has 204 valence electrons. The van der Waals surface area contributed by atoms with Gasteiger partial charge in [0.05, 0.1) is 27.4 Å². The molecule has 38 heavy (non-hydrogen) atoms. The van der Waals surface area contributed by atoms with Crippen LogP contribution in [0, 0.1) is 23.0 Å². The Morgan fingerprint density at radius 1 is 1.11 bits per heavy atom. The molecule has 1 saturated carbocycles. The fourth-order valence-electron chi connectivity index (χ4n) is 6.97. The molecule has 5 rings (SSSR count). The summed E-state index contributed by atoms with van der Waals surface area (Å²) in [5, 5.41) is 16.0. The van der Waals surface area contributed by atoms with Gasteiger partial charge in [-0.3, -0.25) is 9.59 Å². The van der Waals surface area contributed by atoms with Crippen molar-refractivity contribution in [2.24, 2.45) is 11.3 Å². The molecule has 4 atom stereocenters. The quantitative estimate of drug-likeness (QED) is 0.407. The molecule has 2 aromatic rings. The first kappa shape index (κ1) is 27.5. The number of anilines is 1. The van der Waals surface area contributed by atoms with Crippen molar-refractivity contribution in [1.29, 1.82) is 0 Å². The maximum absolute atomic E-state index is 15.7. The Morgan fingerprint density at radius 3 is 2.39 bits per heavy atom. The summed E-state index contributed by atoms with van der Waals surface area (Å²) in [6.45, 7) is 7.78. The number of carbonyl (C=O) groups excluding carboxylic acids is 2. The highest BCUT2D eigenvalue weighted by atomic mass is 35.5. The summed E-state index contributed by atoms with van der Waals surface area (Å²) >= 11 is 12.3. The topological polar surface area (TPSA) is 78.4 Å². The molecule has 0 aromatic heterocycles. The molecule has 0 unspecified atom stereocenters. The highest BCUT2D eigenvalue weighted by Crippen LogP contribution is 2.58. The van der Waals surface area contributed by atoms with Crippen LogP contribution in [0.2, 0.25) is 10.0 Å². The minimum absolute atomic E-state index is 0.0114. The highest BCUT2D eigenvalue weighted by Gasteiger charge is 2.66. The zero-order chi connectivity index (χ0) is 27.8. The van der Waals surface area contributed by atoms with E-state index in [0.717, 1.165) is 0 Å². The van der Waals surface area contributed by atoms with Gasteiger partial charge in [-0.25, -0.2) is 8.78 Å². The van der Waals surface area contributed by atoms with Crippen molar-refractivity contribution in [2.45, 2.75) is 82.4 Å². The van der Waals surface area contributed by atoms with Crippen LogP contribution in [0.3, 0.4) is 0 Å². The van der Waals surface area contributed by atoms with Crippen molar-refractivity contribution in [2.75, 3.05) is 5.32 Å². The SMILES string of the molecule is CC(C)(C)C[C@@H]1N[C@@H](C(=O)CC2CC(C)(O)C2)[C@H](c2cccc(Cl)c2F)[C@]12C(=O)Nc1c2ccc(Cl)c1F. The first-order valence-corrected chi connectivity index (χ1v) is 13.7. The number of hydrogen-bond donors (Lipinski definition) is 3. The van der Waals surface area contributed by atoms with Gasteiger partial charge in [-0.15, -0.1) is 0 Å². The Hall–Kier alpha value is -2.06. The van der Waals surface area contributed by atoms with E-state index in [9.17, 15) is 14.7 Å². The van der Waals surface area contributed by atoms with E-state index >= 15 is 8.78 Å². The van der Waals surface area contributed by atoms with E-state index in [1.54, 1.807) is 25.1 Å². The number of amides is 1. The summed E-state index contributed by atoms with van der Waals surface area (Å²) < 4.78 is 31.0. The van der Waals surface area contributed by atoms with Crippen LogP contribution < -0.4 is 10.6 Å². The molecule has 0 radical (unpaired) electrons. The minimum atomic E-state index is -1.50. The molecule has 2 heterocycles. The fraction of sp³-hybridized carbons (Fsp3) is 0.517. The van der Waals surface area contributed by atoms with Crippen molar-refractivity contribution in [3.8, 4) is 0 Å². The van der Waals surface area contributed by atoms with Gasteiger partial charge >= 0.3 is 0 Å². The van der Waals surface area contributed by atoms with E-state index in [0.29, 0.717) is 24.8 Å². The summed E-state index contributed by atoms with van der Waals surface area (Å²) in [5.74, 6) is -3.17. The lowest BCUT2D eigenvalue weighted by atomic mass is 9.61. The van der Waals surface area contributed by atoms with Gasteiger partial charge in [-0.05, 0) is 60.8 Å². The number of ketones is 1. The minimum Gasteiger partial charge on any atom is -0.390 e. The molecule has 9 heteroatoms. The van der Waals surface area contributed by atoms with Crippen LogP contribution in [-0.2, 0) is 15.0 Å². The molecule has 1 aliphatic carbocycles. The van der Waals surface area contributed by atoms with E-state index in [-0.39, 0.29) is 44.8 Å². The molecule has 2 fully saturated rings. The van der Waals surface area contributed by atoms with E-state index in [1.807, 2.05) is 20.8 Å². The zero-order valence-electron chi connectivity index (χ0n) is 21.8. The molecule has 2 aliphatic heterocycles. The Balaban J connectivity index is 1.71. The molecule has 1 saturated heterocycles. The van der Waals surface area contributed by atoms with E-state index < -0.39 is 46.6 Å². The number of carbonyl (C=O) groups is 2. The van der Waals surface area contributed by atoms with Crippen LogP contribution in [0.15, 0.2) is 30.3 Å². The second-order valence-electron chi connectivity index (χ2n) is 12.6. The highest BCUT2D eigenvalue weighted by molar-refractivity contribution is 6.31. The number of rotatable bonds is 5. The third-order valence-electron chi connectivity index (χ3n) is 8.34. The van der Waals surface area contributed by atoms with Gasteiger partial charge in [0.1, 0.15) is 11.2 Å². The molecule has 2 aromatic carbocycles. The number of aliphatic hydroxyl groups is 1. The molecule has 3 aliphatic rings. The van der Waals surface area contributed by atoms with Crippen LogP contribution >= 0.6 is 23.2 Å². The first-order chi connectivity index (χ1) is 17.7. The first-order valence-electron chi connectivity index (χ1n) is 12.9. The predicted octanol–water partition coefficient (Wildman–Crippen LogP) is 6.14. The lowest BCUT2D eigenvalue weighted by molar-refractivity contribution is -0.126. The number of benzene rings is 2. The molecular weight excluding hydrogens is 533 g/mol.